The van der Waals surface area contributed by atoms with E-state index >= 15 is 0 Å². The fourth-order valence-corrected chi connectivity index (χ4v) is 4.93. The molecule has 0 saturated carbocycles. The van der Waals surface area contributed by atoms with E-state index in [1.165, 1.54) is 12.4 Å². The zero-order chi connectivity index (χ0) is 31.2. The molecule has 0 bridgehead atoms. The van der Waals surface area contributed by atoms with Gasteiger partial charge in [0.1, 0.15) is 0 Å². The van der Waals surface area contributed by atoms with E-state index in [1.54, 1.807) is 48.5 Å². The molecule has 0 radical (unpaired) electrons. The number of pyridine rings is 2. The highest BCUT2D eigenvalue weighted by Gasteiger charge is 2.36. The first-order chi connectivity index (χ1) is 22.0. The number of carbonyl (C=O) groups is 4. The Kier molecular flexibility index (Phi) is 11.8. The van der Waals surface area contributed by atoms with Crippen LogP contribution in [0.4, 0.5) is 0 Å². The third kappa shape index (κ3) is 7.84. The second-order valence-electron chi connectivity index (χ2n) is 10.2. The van der Waals surface area contributed by atoms with Gasteiger partial charge in [0, 0.05) is 35.4 Å². The van der Waals surface area contributed by atoms with Crippen molar-refractivity contribution >= 4 is 36.1 Å². The molecule has 2 aromatic carbocycles. The number of hydrogen-bond acceptors (Lipinski definition) is 8. The number of hydrogen-bond donors (Lipinski definition) is 0. The molecule has 0 N–H and O–H groups in total. The van der Waals surface area contributed by atoms with Crippen LogP contribution in [-0.2, 0) is 22.8 Å². The summed E-state index contributed by atoms with van der Waals surface area (Å²) in [5, 5.41) is 7.80. The summed E-state index contributed by atoms with van der Waals surface area (Å²) in [6.45, 7) is 1.09. The van der Waals surface area contributed by atoms with Crippen LogP contribution in [0.25, 0.3) is 0 Å². The maximum Gasteiger partial charge on any atom is 0.264 e. The minimum atomic E-state index is -0.390. The number of aromatic nitrogens is 2. The average molecular weight is 764 g/mol. The monoisotopic (exact) mass is 762 g/mol. The van der Waals surface area contributed by atoms with E-state index in [2.05, 4.69) is 19.4 Å². The molecule has 12 nitrogen and oxygen atoms in total. The molecule has 0 spiro atoms. The number of rotatable bonds is 12. The fourth-order valence-electron chi connectivity index (χ4n) is 4.93. The van der Waals surface area contributed by atoms with E-state index in [0.717, 1.165) is 40.4 Å². The van der Waals surface area contributed by atoms with Gasteiger partial charge in [-0.3, -0.25) is 19.2 Å². The molecule has 0 atom stereocenters. The lowest BCUT2D eigenvalue weighted by Gasteiger charge is -2.11. The number of oxime groups is 2. The van der Waals surface area contributed by atoms with Gasteiger partial charge in [0.05, 0.1) is 41.1 Å². The number of carbonyl (C=O) groups excluding carboxylic acids is 4. The zero-order valence-corrected chi connectivity index (χ0v) is 28.0. The lowest BCUT2D eigenvalue weighted by Crippen LogP contribution is -3.00. The highest BCUT2D eigenvalue weighted by molar-refractivity contribution is 6.21. The van der Waals surface area contributed by atoms with E-state index in [9.17, 15) is 19.2 Å². The van der Waals surface area contributed by atoms with Crippen molar-refractivity contribution in [2.75, 3.05) is 13.5 Å². The fraction of sp³-hybridized carbons (Fsp3) is 0.152. The number of fused-ring (bicyclic) bond motifs is 2. The van der Waals surface area contributed by atoms with Crippen LogP contribution in [0.1, 0.15) is 59.0 Å². The lowest BCUT2D eigenvalue weighted by atomic mass is 10.1. The molecule has 2 aliphatic heterocycles. The van der Waals surface area contributed by atoms with Gasteiger partial charge in [-0.25, -0.2) is 18.9 Å². The zero-order valence-electron chi connectivity index (χ0n) is 24.8. The molecule has 4 heterocycles. The molecule has 0 aliphatic carbocycles. The maximum absolute atomic E-state index is 12.4. The van der Waals surface area contributed by atoms with Gasteiger partial charge in [-0.1, -0.05) is 34.6 Å². The van der Waals surface area contributed by atoms with Crippen LogP contribution >= 0.6 is 0 Å². The average Bonchev–Trinajstić information content (AvgIpc) is 3.46. The third-order valence-corrected chi connectivity index (χ3v) is 7.35. The number of aryl methyl sites for hydroxylation is 2. The first-order valence-electron chi connectivity index (χ1n) is 14.2. The molecule has 0 unspecified atom stereocenters. The Hall–Kier alpha value is -5.08. The molecule has 47 heavy (non-hydrogen) atoms. The van der Waals surface area contributed by atoms with Crippen LogP contribution < -0.4 is 43.1 Å². The summed E-state index contributed by atoms with van der Waals surface area (Å²) >= 11 is 0. The number of halogens is 2. The molecule has 4 aromatic rings. The summed E-state index contributed by atoms with van der Waals surface area (Å²) in [4.78, 5) is 62.0. The van der Waals surface area contributed by atoms with E-state index in [-0.39, 0.29) is 71.1 Å². The van der Waals surface area contributed by atoms with Crippen LogP contribution in [0, 0.1) is 0 Å². The standard InChI is InChI=1S/C33H28N6O6.2BrH/c40-30-26-6-1-2-7-27(26)31(41)38(30)22-44-34-20-24-10-16-36(17-11-24)14-5-15-37-18-12-25(13-19-37)21-35-45-23-39-32(42)28-8-3-4-9-29(28)33(39)43;;/h1-4,6-13,16-21H,5,14-15,22-23H2;2*1H/q+2;;/p-2/b34-20+,35-21+;;. The maximum atomic E-state index is 12.4. The van der Waals surface area contributed by atoms with Crippen molar-refractivity contribution in [3.63, 3.8) is 0 Å². The molecule has 0 saturated heterocycles. The summed E-state index contributed by atoms with van der Waals surface area (Å²) in [6, 6.07) is 20.9. The van der Waals surface area contributed by atoms with Crippen molar-refractivity contribution in [2.24, 2.45) is 10.3 Å². The Balaban J connectivity index is 0.00000250. The Morgan fingerprint density at radius 1 is 0.532 bits per heavy atom. The Labute approximate surface area is 291 Å². The summed E-state index contributed by atoms with van der Waals surface area (Å²) < 4.78 is 4.12. The molecule has 2 aliphatic rings. The number of benzene rings is 2. The van der Waals surface area contributed by atoms with Crippen LogP contribution in [-0.4, -0.2) is 59.3 Å². The Morgan fingerprint density at radius 2 is 0.851 bits per heavy atom. The smallest absolute Gasteiger partial charge is 0.264 e. The van der Waals surface area contributed by atoms with Crippen molar-refractivity contribution in [1.29, 1.82) is 0 Å². The predicted molar refractivity (Wildman–Crippen MR) is 159 cm³/mol. The second kappa shape index (κ2) is 16.0. The third-order valence-electron chi connectivity index (χ3n) is 7.35. The minimum Gasteiger partial charge on any atom is -1.00 e. The van der Waals surface area contributed by atoms with E-state index < -0.39 is 0 Å². The number of nitrogens with zero attached hydrogens (tertiary/aromatic N) is 6. The molecule has 240 valence electrons. The topological polar surface area (TPSA) is 126 Å². The normalized spacial score (nSPS) is 13.5. The van der Waals surface area contributed by atoms with Gasteiger partial charge in [-0.15, -0.1) is 0 Å². The van der Waals surface area contributed by atoms with Crippen molar-refractivity contribution in [3.05, 3.63) is 131 Å². The molecular weight excluding hydrogens is 736 g/mol. The van der Waals surface area contributed by atoms with Crippen molar-refractivity contribution in [3.8, 4) is 0 Å². The second-order valence-corrected chi connectivity index (χ2v) is 10.2. The number of amides is 4. The van der Waals surface area contributed by atoms with Crippen LogP contribution in [0.5, 0.6) is 0 Å². The van der Waals surface area contributed by atoms with E-state index in [0.29, 0.717) is 22.3 Å². The lowest BCUT2D eigenvalue weighted by molar-refractivity contribution is -0.726. The molecular formula is C33H28Br2N6O6. The van der Waals surface area contributed by atoms with E-state index in [1.807, 2.05) is 49.1 Å². The minimum absolute atomic E-state index is 0. The van der Waals surface area contributed by atoms with Crippen molar-refractivity contribution < 1.29 is 72.0 Å². The van der Waals surface area contributed by atoms with Gasteiger partial charge < -0.3 is 43.6 Å². The van der Waals surface area contributed by atoms with Gasteiger partial charge in [-0.2, -0.15) is 0 Å². The van der Waals surface area contributed by atoms with Gasteiger partial charge in [0.2, 0.25) is 0 Å². The van der Waals surface area contributed by atoms with Crippen molar-refractivity contribution in [2.45, 2.75) is 19.5 Å². The predicted octanol–water partition coefficient (Wildman–Crippen LogP) is -3.43. The largest absolute Gasteiger partial charge is 1.00 e. The molecule has 2 aromatic heterocycles. The van der Waals surface area contributed by atoms with Gasteiger partial charge >= 0.3 is 0 Å². The van der Waals surface area contributed by atoms with Gasteiger partial charge in [-0.05, 0) is 24.3 Å². The van der Waals surface area contributed by atoms with Crippen LogP contribution in [0.3, 0.4) is 0 Å². The first kappa shape index (κ1) is 34.8. The highest BCUT2D eigenvalue weighted by atomic mass is 79.9. The Bertz CT molecular complexity index is 1630. The molecule has 14 heteroatoms. The number of imide groups is 2. The summed E-state index contributed by atoms with van der Waals surface area (Å²) in [5.41, 5.74) is 3.11. The van der Waals surface area contributed by atoms with Gasteiger partial charge in [0.15, 0.2) is 51.3 Å². The summed E-state index contributed by atoms with van der Waals surface area (Å²) in [6.07, 6.45) is 11.7. The van der Waals surface area contributed by atoms with Gasteiger partial charge in [0.25, 0.3) is 23.6 Å². The first-order valence-corrected chi connectivity index (χ1v) is 14.2. The highest BCUT2D eigenvalue weighted by Crippen LogP contribution is 2.23. The van der Waals surface area contributed by atoms with Crippen LogP contribution in [0.2, 0.25) is 0 Å². The van der Waals surface area contributed by atoms with Crippen molar-refractivity contribution in [1.82, 2.24) is 9.80 Å². The van der Waals surface area contributed by atoms with E-state index in [4.69, 9.17) is 9.68 Å². The quantitative estimate of drug-likeness (QED) is 0.0641. The summed E-state index contributed by atoms with van der Waals surface area (Å²) in [5.74, 6) is -1.56. The molecule has 4 amide bonds. The molecule has 6 rings (SSSR count). The summed E-state index contributed by atoms with van der Waals surface area (Å²) in [7, 11) is 0. The Morgan fingerprint density at radius 3 is 1.17 bits per heavy atom. The SMILES string of the molecule is O=C1c2ccccc2C(=O)N1CO/N=C/c1cc[n+](CCC[n+]2ccc(/C=N/OCN3C(=O)c4ccccc4C3=O)cc2)cc1.[Br-].[Br-]. The van der Waals surface area contributed by atoms with Crippen LogP contribution in [0.15, 0.2) is 108 Å². The molecule has 0 fully saturated rings.